The minimum atomic E-state index is -3.60. The van der Waals surface area contributed by atoms with Gasteiger partial charge in [0.15, 0.2) is 0 Å². The van der Waals surface area contributed by atoms with Gasteiger partial charge in [-0.1, -0.05) is 42.5 Å². The highest BCUT2D eigenvalue weighted by molar-refractivity contribution is 7.92. The van der Waals surface area contributed by atoms with E-state index in [1.165, 1.54) is 17.1 Å². The van der Waals surface area contributed by atoms with Crippen LogP contribution in [0.3, 0.4) is 0 Å². The van der Waals surface area contributed by atoms with Crippen LogP contribution in [0, 0.1) is 0 Å². The lowest BCUT2D eigenvalue weighted by Crippen LogP contribution is -2.28. The Bertz CT molecular complexity index is 1030. The SMILES string of the molecule is O=C(CCNS(=O)(=O)/C=C/c1ccccc1)Nn1cnc2ccccc21. The van der Waals surface area contributed by atoms with Crippen molar-refractivity contribution in [2.24, 2.45) is 0 Å². The zero-order chi connectivity index (χ0) is 18.4. The molecule has 1 aromatic heterocycles. The molecule has 0 saturated carbocycles. The molecule has 0 aliphatic heterocycles. The number of rotatable bonds is 7. The summed E-state index contributed by atoms with van der Waals surface area (Å²) in [5.41, 5.74) is 4.99. The number of sulfonamides is 1. The van der Waals surface area contributed by atoms with Crippen LogP contribution in [-0.4, -0.2) is 30.5 Å². The Morgan fingerprint density at radius 1 is 1.08 bits per heavy atom. The van der Waals surface area contributed by atoms with Crippen molar-refractivity contribution in [2.45, 2.75) is 6.42 Å². The van der Waals surface area contributed by atoms with E-state index < -0.39 is 10.0 Å². The van der Waals surface area contributed by atoms with Crippen LogP contribution in [0.1, 0.15) is 12.0 Å². The number of fused-ring (bicyclic) bond motifs is 1. The molecule has 1 heterocycles. The number of imidazole rings is 1. The minimum Gasteiger partial charge on any atom is -0.273 e. The largest absolute Gasteiger partial charge is 0.273 e. The van der Waals surface area contributed by atoms with Gasteiger partial charge in [0.2, 0.25) is 15.9 Å². The fourth-order valence-corrected chi connectivity index (χ4v) is 3.14. The van der Waals surface area contributed by atoms with Crippen LogP contribution in [0.5, 0.6) is 0 Å². The Labute approximate surface area is 151 Å². The molecule has 8 heteroatoms. The molecule has 2 aromatic carbocycles. The van der Waals surface area contributed by atoms with Gasteiger partial charge in [0.1, 0.15) is 6.33 Å². The van der Waals surface area contributed by atoms with Crippen molar-refractivity contribution < 1.29 is 13.2 Å². The molecule has 0 bridgehead atoms. The molecule has 134 valence electrons. The monoisotopic (exact) mass is 370 g/mol. The average Bonchev–Trinajstić information content (AvgIpc) is 3.04. The first kappa shape index (κ1) is 17.8. The molecule has 0 aliphatic rings. The fourth-order valence-electron chi connectivity index (χ4n) is 2.33. The molecule has 0 spiro atoms. The van der Waals surface area contributed by atoms with E-state index in [-0.39, 0.29) is 18.9 Å². The molecule has 7 nitrogen and oxygen atoms in total. The van der Waals surface area contributed by atoms with E-state index in [1.807, 2.05) is 42.5 Å². The summed E-state index contributed by atoms with van der Waals surface area (Å²) >= 11 is 0. The summed E-state index contributed by atoms with van der Waals surface area (Å²) < 4.78 is 27.8. The molecule has 2 N–H and O–H groups in total. The molecule has 0 saturated heterocycles. The molecule has 26 heavy (non-hydrogen) atoms. The maximum absolute atomic E-state index is 12.0. The standard InChI is InChI=1S/C18H18N4O3S/c23-18(21-22-14-19-16-8-4-5-9-17(16)22)10-12-20-26(24,25)13-11-15-6-2-1-3-7-15/h1-9,11,13-14,20H,10,12H2,(H,21,23)/b13-11+. The number of aromatic nitrogens is 2. The van der Waals surface area contributed by atoms with E-state index in [0.29, 0.717) is 0 Å². The number of carbonyl (C=O) groups excluding carboxylic acids is 1. The highest BCUT2D eigenvalue weighted by Gasteiger charge is 2.09. The molecule has 0 aliphatic carbocycles. The summed E-state index contributed by atoms with van der Waals surface area (Å²) in [5, 5.41) is 1.09. The normalized spacial score (nSPS) is 11.8. The van der Waals surface area contributed by atoms with Gasteiger partial charge in [-0.25, -0.2) is 22.8 Å². The zero-order valence-corrected chi connectivity index (χ0v) is 14.7. The summed E-state index contributed by atoms with van der Waals surface area (Å²) in [7, 11) is -3.60. The van der Waals surface area contributed by atoms with Crippen LogP contribution in [0.4, 0.5) is 0 Å². The second-order valence-corrected chi connectivity index (χ2v) is 7.19. The third kappa shape index (κ3) is 4.78. The average molecular weight is 370 g/mol. The third-order valence-electron chi connectivity index (χ3n) is 3.59. The van der Waals surface area contributed by atoms with Gasteiger partial charge in [0, 0.05) is 18.4 Å². The smallest absolute Gasteiger partial charge is 0.240 e. The van der Waals surface area contributed by atoms with Gasteiger partial charge in [0.25, 0.3) is 0 Å². The number of para-hydroxylation sites is 2. The van der Waals surface area contributed by atoms with Crippen LogP contribution >= 0.6 is 0 Å². The van der Waals surface area contributed by atoms with Crippen LogP contribution in [0.2, 0.25) is 0 Å². The van der Waals surface area contributed by atoms with E-state index >= 15 is 0 Å². The van der Waals surface area contributed by atoms with Gasteiger partial charge in [0.05, 0.1) is 11.0 Å². The minimum absolute atomic E-state index is 0.0000734. The quantitative estimate of drug-likeness (QED) is 0.666. The van der Waals surface area contributed by atoms with E-state index in [9.17, 15) is 13.2 Å². The Hall–Kier alpha value is -2.97. The van der Waals surface area contributed by atoms with E-state index in [0.717, 1.165) is 22.0 Å². The van der Waals surface area contributed by atoms with Gasteiger partial charge >= 0.3 is 0 Å². The molecule has 3 rings (SSSR count). The number of hydrogen-bond acceptors (Lipinski definition) is 4. The molecule has 0 unspecified atom stereocenters. The molecular weight excluding hydrogens is 352 g/mol. The van der Waals surface area contributed by atoms with Crippen molar-refractivity contribution in [1.29, 1.82) is 0 Å². The number of nitrogens with zero attached hydrogens (tertiary/aromatic N) is 2. The summed E-state index contributed by atoms with van der Waals surface area (Å²) in [6, 6.07) is 16.5. The lowest BCUT2D eigenvalue weighted by atomic mass is 10.2. The third-order valence-corrected chi connectivity index (χ3v) is 4.69. The Morgan fingerprint density at radius 3 is 2.62 bits per heavy atom. The van der Waals surface area contributed by atoms with E-state index in [2.05, 4.69) is 15.1 Å². The number of nitrogens with one attached hydrogen (secondary N) is 2. The van der Waals surface area contributed by atoms with Crippen molar-refractivity contribution in [2.75, 3.05) is 12.0 Å². The molecular formula is C18H18N4O3S. The van der Waals surface area contributed by atoms with Gasteiger partial charge in [-0.3, -0.25) is 10.2 Å². The number of benzene rings is 2. The Kier molecular flexibility index (Phi) is 5.45. The maximum Gasteiger partial charge on any atom is 0.240 e. The molecule has 0 radical (unpaired) electrons. The van der Waals surface area contributed by atoms with Gasteiger partial charge in [-0.2, -0.15) is 0 Å². The Morgan fingerprint density at radius 2 is 1.81 bits per heavy atom. The number of hydrogen-bond donors (Lipinski definition) is 2. The number of carbonyl (C=O) groups is 1. The first-order chi connectivity index (χ1) is 12.5. The lowest BCUT2D eigenvalue weighted by Gasteiger charge is -2.07. The first-order valence-corrected chi connectivity index (χ1v) is 9.53. The summed E-state index contributed by atoms with van der Waals surface area (Å²) in [4.78, 5) is 16.2. The van der Waals surface area contributed by atoms with Crippen LogP contribution in [-0.2, 0) is 14.8 Å². The van der Waals surface area contributed by atoms with Crippen LogP contribution in [0.25, 0.3) is 17.1 Å². The summed E-state index contributed by atoms with van der Waals surface area (Å²) in [6.45, 7) is -0.0000734. The topological polar surface area (TPSA) is 93.1 Å². The highest BCUT2D eigenvalue weighted by atomic mass is 32.2. The Balaban J connectivity index is 1.51. The second kappa shape index (κ2) is 7.94. The molecule has 1 amide bonds. The van der Waals surface area contributed by atoms with E-state index in [4.69, 9.17) is 0 Å². The van der Waals surface area contributed by atoms with Crippen molar-refractivity contribution in [3.05, 3.63) is 71.9 Å². The predicted molar refractivity (Wildman–Crippen MR) is 101 cm³/mol. The molecule has 0 fully saturated rings. The van der Waals surface area contributed by atoms with Gasteiger partial charge in [-0.15, -0.1) is 0 Å². The molecule has 0 atom stereocenters. The first-order valence-electron chi connectivity index (χ1n) is 7.98. The predicted octanol–water partition coefficient (Wildman–Crippen LogP) is 2.09. The number of amides is 1. The van der Waals surface area contributed by atoms with Crippen molar-refractivity contribution in [3.63, 3.8) is 0 Å². The van der Waals surface area contributed by atoms with Crippen molar-refractivity contribution in [3.8, 4) is 0 Å². The second-order valence-electron chi connectivity index (χ2n) is 5.54. The maximum atomic E-state index is 12.0. The van der Waals surface area contributed by atoms with Gasteiger partial charge in [-0.05, 0) is 23.8 Å². The zero-order valence-electron chi connectivity index (χ0n) is 13.9. The van der Waals surface area contributed by atoms with Crippen molar-refractivity contribution in [1.82, 2.24) is 14.4 Å². The fraction of sp³-hybridized carbons (Fsp3) is 0.111. The lowest BCUT2D eigenvalue weighted by molar-refractivity contribution is -0.116. The van der Waals surface area contributed by atoms with Crippen LogP contribution in [0.15, 0.2) is 66.3 Å². The van der Waals surface area contributed by atoms with Crippen molar-refractivity contribution >= 4 is 33.0 Å². The van der Waals surface area contributed by atoms with Crippen LogP contribution < -0.4 is 10.1 Å². The summed E-state index contributed by atoms with van der Waals surface area (Å²) in [6.07, 6.45) is 3.01. The van der Waals surface area contributed by atoms with E-state index in [1.54, 1.807) is 12.1 Å². The molecule has 3 aromatic rings. The highest BCUT2D eigenvalue weighted by Crippen LogP contribution is 2.10. The summed E-state index contributed by atoms with van der Waals surface area (Å²) in [5.74, 6) is -0.317. The van der Waals surface area contributed by atoms with Gasteiger partial charge < -0.3 is 0 Å².